The number of benzene rings is 1. The van der Waals surface area contributed by atoms with Gasteiger partial charge in [-0.3, -0.25) is 9.80 Å². The normalized spacial score (nSPS) is 19.3. The molecule has 0 amide bonds. The quantitative estimate of drug-likeness (QED) is 0.860. The Kier molecular flexibility index (Phi) is 5.80. The first-order chi connectivity index (χ1) is 10.4. The van der Waals surface area contributed by atoms with Crippen molar-refractivity contribution in [3.63, 3.8) is 0 Å². The van der Waals surface area contributed by atoms with Crippen molar-refractivity contribution in [1.82, 2.24) is 9.80 Å². The van der Waals surface area contributed by atoms with Crippen molar-refractivity contribution in [2.45, 2.75) is 12.3 Å². The van der Waals surface area contributed by atoms with Crippen LogP contribution in [0.15, 0.2) is 24.3 Å². The van der Waals surface area contributed by atoms with Crippen LogP contribution in [0.4, 0.5) is 13.2 Å². The lowest BCUT2D eigenvalue weighted by atomic mass is 10.0. The van der Waals surface area contributed by atoms with Gasteiger partial charge in [-0.15, -0.1) is 0 Å². The first-order valence-electron chi connectivity index (χ1n) is 7.31. The third-order valence-corrected chi connectivity index (χ3v) is 3.94. The van der Waals surface area contributed by atoms with E-state index in [4.69, 9.17) is 5.11 Å². The molecule has 1 aliphatic rings. The van der Waals surface area contributed by atoms with Crippen molar-refractivity contribution in [2.75, 3.05) is 45.9 Å². The van der Waals surface area contributed by atoms with Crippen molar-refractivity contribution in [3.8, 4) is 0 Å². The monoisotopic (exact) mass is 318 g/mol. The van der Waals surface area contributed by atoms with Crippen LogP contribution in [0.1, 0.15) is 17.2 Å². The molecule has 1 aliphatic heterocycles. The molecular weight excluding hydrogens is 297 g/mol. The number of hydrogen-bond donors (Lipinski definition) is 2. The summed E-state index contributed by atoms with van der Waals surface area (Å²) in [6.45, 7) is 3.72. The van der Waals surface area contributed by atoms with Gasteiger partial charge in [0, 0.05) is 39.3 Å². The average Bonchev–Trinajstić information content (AvgIpc) is 2.48. The van der Waals surface area contributed by atoms with E-state index in [9.17, 15) is 18.3 Å². The maximum atomic E-state index is 13.0. The van der Waals surface area contributed by atoms with Crippen LogP contribution in [-0.4, -0.2) is 65.9 Å². The van der Waals surface area contributed by atoms with Gasteiger partial charge >= 0.3 is 6.18 Å². The van der Waals surface area contributed by atoms with Crippen LogP contribution in [0.2, 0.25) is 0 Å². The molecule has 22 heavy (non-hydrogen) atoms. The zero-order valence-corrected chi connectivity index (χ0v) is 12.3. The second-order valence-corrected chi connectivity index (χ2v) is 5.47. The SMILES string of the molecule is OCCN1CCN(C[C@@H](O)c2ccccc2C(F)(F)F)CC1. The van der Waals surface area contributed by atoms with Gasteiger partial charge in [-0.25, -0.2) is 0 Å². The second-order valence-electron chi connectivity index (χ2n) is 5.47. The Morgan fingerprint density at radius 2 is 1.64 bits per heavy atom. The fraction of sp³-hybridized carbons (Fsp3) is 0.600. The fourth-order valence-electron chi connectivity index (χ4n) is 2.73. The zero-order chi connectivity index (χ0) is 16.2. The molecule has 0 unspecified atom stereocenters. The summed E-state index contributed by atoms with van der Waals surface area (Å²) in [7, 11) is 0. The molecule has 0 radical (unpaired) electrons. The van der Waals surface area contributed by atoms with Crippen molar-refractivity contribution in [1.29, 1.82) is 0 Å². The highest BCUT2D eigenvalue weighted by Crippen LogP contribution is 2.34. The Hall–Kier alpha value is -1.15. The first kappa shape index (κ1) is 17.2. The van der Waals surface area contributed by atoms with Gasteiger partial charge in [-0.05, 0) is 11.6 Å². The minimum Gasteiger partial charge on any atom is -0.395 e. The molecule has 1 saturated heterocycles. The number of piperazine rings is 1. The molecule has 1 aromatic rings. The molecule has 1 atom stereocenters. The van der Waals surface area contributed by atoms with E-state index in [1.165, 1.54) is 18.2 Å². The standard InChI is InChI=1S/C15H21F3N2O2/c16-15(17,18)13-4-2-1-3-12(13)14(22)11-20-7-5-19(6-8-20)9-10-21/h1-4,14,21-22H,5-11H2/t14-/m1/s1. The van der Waals surface area contributed by atoms with Crippen LogP contribution in [0.5, 0.6) is 0 Å². The first-order valence-corrected chi connectivity index (χ1v) is 7.31. The van der Waals surface area contributed by atoms with Gasteiger partial charge in [0.05, 0.1) is 18.3 Å². The number of rotatable bonds is 5. The lowest BCUT2D eigenvalue weighted by molar-refractivity contribution is -0.139. The van der Waals surface area contributed by atoms with Crippen LogP contribution in [0.25, 0.3) is 0 Å². The van der Waals surface area contributed by atoms with E-state index >= 15 is 0 Å². The van der Waals surface area contributed by atoms with Crippen LogP contribution in [0.3, 0.4) is 0 Å². The average molecular weight is 318 g/mol. The molecule has 2 N–H and O–H groups in total. The molecule has 0 spiro atoms. The molecule has 1 aromatic carbocycles. The van der Waals surface area contributed by atoms with Crippen molar-refractivity contribution < 1.29 is 23.4 Å². The number of alkyl halides is 3. The molecule has 0 bridgehead atoms. The van der Waals surface area contributed by atoms with E-state index in [0.29, 0.717) is 19.6 Å². The minimum atomic E-state index is -4.46. The number of aliphatic hydroxyl groups excluding tert-OH is 2. The molecule has 0 saturated carbocycles. The smallest absolute Gasteiger partial charge is 0.395 e. The van der Waals surface area contributed by atoms with Gasteiger partial charge < -0.3 is 10.2 Å². The number of hydrogen-bond acceptors (Lipinski definition) is 4. The van der Waals surface area contributed by atoms with E-state index in [0.717, 1.165) is 19.2 Å². The third-order valence-electron chi connectivity index (χ3n) is 3.94. The number of β-amino-alcohol motifs (C(OH)–C–C–N with tert-alkyl or cyclic N) is 2. The van der Waals surface area contributed by atoms with Gasteiger partial charge in [0.1, 0.15) is 0 Å². The van der Waals surface area contributed by atoms with Gasteiger partial charge in [0.2, 0.25) is 0 Å². The summed E-state index contributed by atoms with van der Waals surface area (Å²) >= 11 is 0. The second kappa shape index (κ2) is 7.41. The molecular formula is C15H21F3N2O2. The number of halogens is 3. The maximum Gasteiger partial charge on any atom is 0.416 e. The molecule has 4 nitrogen and oxygen atoms in total. The van der Waals surface area contributed by atoms with E-state index in [1.54, 1.807) is 0 Å². The molecule has 2 rings (SSSR count). The summed E-state index contributed by atoms with van der Waals surface area (Å²) in [5.41, 5.74) is -0.853. The Labute approximate surface area is 127 Å². The fourth-order valence-corrected chi connectivity index (χ4v) is 2.73. The highest BCUT2D eigenvalue weighted by atomic mass is 19.4. The van der Waals surface area contributed by atoms with Gasteiger partial charge in [-0.2, -0.15) is 13.2 Å². The van der Waals surface area contributed by atoms with E-state index in [2.05, 4.69) is 4.90 Å². The topological polar surface area (TPSA) is 46.9 Å². The Morgan fingerprint density at radius 1 is 1.05 bits per heavy atom. The van der Waals surface area contributed by atoms with Crippen molar-refractivity contribution in [2.24, 2.45) is 0 Å². The van der Waals surface area contributed by atoms with E-state index in [-0.39, 0.29) is 18.7 Å². The minimum absolute atomic E-state index is 0.0761. The Bertz CT molecular complexity index is 474. The molecule has 0 aliphatic carbocycles. The number of aliphatic hydroxyl groups is 2. The summed E-state index contributed by atoms with van der Waals surface area (Å²) < 4.78 is 38.9. The maximum absolute atomic E-state index is 13.0. The lowest BCUT2D eigenvalue weighted by Crippen LogP contribution is -2.48. The summed E-state index contributed by atoms with van der Waals surface area (Å²) in [5, 5.41) is 19.1. The highest BCUT2D eigenvalue weighted by Gasteiger charge is 2.35. The van der Waals surface area contributed by atoms with Crippen molar-refractivity contribution in [3.05, 3.63) is 35.4 Å². The zero-order valence-electron chi connectivity index (χ0n) is 12.3. The van der Waals surface area contributed by atoms with E-state index < -0.39 is 17.8 Å². The van der Waals surface area contributed by atoms with Gasteiger partial charge in [0.15, 0.2) is 0 Å². The predicted molar refractivity (Wildman–Crippen MR) is 76.4 cm³/mol. The summed E-state index contributed by atoms with van der Waals surface area (Å²) in [6, 6.07) is 5.16. The summed E-state index contributed by atoms with van der Waals surface area (Å²) in [5.74, 6) is 0. The third kappa shape index (κ3) is 4.42. The number of nitrogens with zero attached hydrogens (tertiary/aromatic N) is 2. The highest BCUT2D eigenvalue weighted by molar-refractivity contribution is 5.31. The lowest BCUT2D eigenvalue weighted by Gasteiger charge is -2.35. The van der Waals surface area contributed by atoms with Gasteiger partial charge in [-0.1, -0.05) is 18.2 Å². The molecule has 1 heterocycles. The molecule has 1 fully saturated rings. The van der Waals surface area contributed by atoms with Crippen LogP contribution >= 0.6 is 0 Å². The van der Waals surface area contributed by atoms with Crippen molar-refractivity contribution >= 4 is 0 Å². The Morgan fingerprint density at radius 3 is 2.23 bits per heavy atom. The predicted octanol–water partition coefficient (Wildman–Crippen LogP) is 1.35. The molecule has 7 heteroatoms. The van der Waals surface area contributed by atoms with E-state index in [1.807, 2.05) is 4.90 Å². The molecule has 124 valence electrons. The Balaban J connectivity index is 1.98. The summed E-state index contributed by atoms with van der Waals surface area (Å²) in [6.07, 6.45) is -5.63. The van der Waals surface area contributed by atoms with Crippen LogP contribution < -0.4 is 0 Å². The molecule has 0 aromatic heterocycles. The summed E-state index contributed by atoms with van der Waals surface area (Å²) in [4.78, 5) is 4.04. The largest absolute Gasteiger partial charge is 0.416 e. The van der Waals surface area contributed by atoms with Gasteiger partial charge in [0.25, 0.3) is 0 Å². The van der Waals surface area contributed by atoms with Crippen LogP contribution in [-0.2, 0) is 6.18 Å². The van der Waals surface area contributed by atoms with Crippen LogP contribution in [0, 0.1) is 0 Å².